The molecular weight excluding hydrogens is 769 g/mol. The summed E-state index contributed by atoms with van der Waals surface area (Å²) in [7, 11) is 0. The average molecular weight is 869 g/mol. The van der Waals surface area contributed by atoms with Crippen LogP contribution in [0, 0.1) is 0 Å². The maximum absolute atomic E-state index is 12.7. The number of carbonyl (C=O) groups is 3. The summed E-state index contributed by atoms with van der Waals surface area (Å²) in [5.41, 5.74) is 0. The Morgan fingerprint density at radius 1 is 0.323 bits per heavy atom. The molecule has 0 amide bonds. The molecular formula is C56H100O6. The van der Waals surface area contributed by atoms with Gasteiger partial charge in [0.15, 0.2) is 6.10 Å². The molecule has 0 heterocycles. The van der Waals surface area contributed by atoms with E-state index in [1.807, 2.05) is 0 Å². The Morgan fingerprint density at radius 2 is 0.597 bits per heavy atom. The van der Waals surface area contributed by atoms with Gasteiger partial charge in [-0.25, -0.2) is 0 Å². The first-order chi connectivity index (χ1) is 30.5. The van der Waals surface area contributed by atoms with E-state index in [4.69, 9.17) is 14.2 Å². The van der Waals surface area contributed by atoms with Crippen LogP contribution in [0.2, 0.25) is 0 Å². The predicted molar refractivity (Wildman–Crippen MR) is 265 cm³/mol. The zero-order valence-electron chi connectivity index (χ0n) is 41.1. The van der Waals surface area contributed by atoms with Crippen molar-refractivity contribution in [3.63, 3.8) is 0 Å². The van der Waals surface area contributed by atoms with Crippen molar-refractivity contribution < 1.29 is 28.6 Å². The van der Waals surface area contributed by atoms with E-state index >= 15 is 0 Å². The molecule has 0 radical (unpaired) electrons. The molecule has 0 saturated heterocycles. The number of ether oxygens (including phenoxy) is 3. The Morgan fingerprint density at radius 3 is 0.968 bits per heavy atom. The Bertz CT molecular complexity index is 1090. The van der Waals surface area contributed by atoms with Gasteiger partial charge in [-0.2, -0.15) is 0 Å². The largest absolute Gasteiger partial charge is 0.462 e. The van der Waals surface area contributed by atoms with Crippen LogP contribution in [0.1, 0.15) is 271 Å². The third-order valence-electron chi connectivity index (χ3n) is 11.6. The van der Waals surface area contributed by atoms with Gasteiger partial charge in [-0.05, 0) is 77.0 Å². The molecule has 0 aliphatic rings. The number of rotatable bonds is 48. The van der Waals surface area contributed by atoms with Gasteiger partial charge in [0.1, 0.15) is 13.2 Å². The summed E-state index contributed by atoms with van der Waals surface area (Å²) in [6, 6.07) is 0. The maximum atomic E-state index is 12.7. The van der Waals surface area contributed by atoms with Crippen LogP contribution < -0.4 is 0 Å². The van der Waals surface area contributed by atoms with Gasteiger partial charge >= 0.3 is 17.9 Å². The van der Waals surface area contributed by atoms with Crippen LogP contribution in [0.5, 0.6) is 0 Å². The summed E-state index contributed by atoms with van der Waals surface area (Å²) in [5, 5.41) is 0. The van der Waals surface area contributed by atoms with Gasteiger partial charge in [0, 0.05) is 19.3 Å². The molecule has 62 heavy (non-hydrogen) atoms. The number of unbranched alkanes of at least 4 members (excludes halogenated alkanes) is 29. The minimum absolute atomic E-state index is 0.0769. The SMILES string of the molecule is CCCC/C=C\CCCCCCCC(=O)OC(COC(=O)CCCCCCCCCC/C=C\C/C=C\C/C=C\CCCCCCC)COC(=O)CCCCCCCCCCCC. The highest BCUT2D eigenvalue weighted by atomic mass is 16.6. The second kappa shape index (κ2) is 51.0. The van der Waals surface area contributed by atoms with E-state index in [2.05, 4.69) is 69.4 Å². The minimum Gasteiger partial charge on any atom is -0.462 e. The number of carbonyl (C=O) groups excluding carboxylic acids is 3. The highest BCUT2D eigenvalue weighted by molar-refractivity contribution is 5.71. The molecule has 0 saturated carbocycles. The fourth-order valence-electron chi connectivity index (χ4n) is 7.49. The topological polar surface area (TPSA) is 78.9 Å². The number of hydrogen-bond acceptors (Lipinski definition) is 6. The summed E-state index contributed by atoms with van der Waals surface area (Å²) >= 11 is 0. The fourth-order valence-corrected chi connectivity index (χ4v) is 7.49. The lowest BCUT2D eigenvalue weighted by molar-refractivity contribution is -0.167. The van der Waals surface area contributed by atoms with Crippen molar-refractivity contribution in [2.75, 3.05) is 13.2 Å². The zero-order chi connectivity index (χ0) is 45.1. The van der Waals surface area contributed by atoms with Crippen molar-refractivity contribution in [1.82, 2.24) is 0 Å². The van der Waals surface area contributed by atoms with Gasteiger partial charge in [0.25, 0.3) is 0 Å². The van der Waals surface area contributed by atoms with Crippen LogP contribution >= 0.6 is 0 Å². The van der Waals surface area contributed by atoms with Gasteiger partial charge in [-0.15, -0.1) is 0 Å². The van der Waals surface area contributed by atoms with Gasteiger partial charge < -0.3 is 14.2 Å². The van der Waals surface area contributed by atoms with Gasteiger partial charge in [-0.1, -0.05) is 223 Å². The highest BCUT2D eigenvalue weighted by Gasteiger charge is 2.19. The van der Waals surface area contributed by atoms with Crippen LogP contribution in [-0.2, 0) is 28.6 Å². The minimum atomic E-state index is -0.776. The maximum Gasteiger partial charge on any atom is 0.306 e. The highest BCUT2D eigenvalue weighted by Crippen LogP contribution is 2.15. The average Bonchev–Trinajstić information content (AvgIpc) is 3.27. The van der Waals surface area contributed by atoms with E-state index in [0.29, 0.717) is 19.3 Å². The molecule has 0 bridgehead atoms. The monoisotopic (exact) mass is 869 g/mol. The second-order valence-corrected chi connectivity index (χ2v) is 17.8. The lowest BCUT2D eigenvalue weighted by atomic mass is 10.1. The fraction of sp³-hybridized carbons (Fsp3) is 0.804. The number of hydrogen-bond donors (Lipinski definition) is 0. The summed E-state index contributed by atoms with van der Waals surface area (Å²) in [4.78, 5) is 37.9. The molecule has 0 rings (SSSR count). The van der Waals surface area contributed by atoms with Crippen LogP contribution in [0.25, 0.3) is 0 Å². The molecule has 0 aliphatic heterocycles. The standard InChI is InChI=1S/C56H100O6/c1-4-7-10-13-16-19-22-23-24-25-26-27-28-29-30-31-32-33-35-37-40-43-46-49-55(58)61-52-53(51-60-54(57)48-45-42-39-36-21-18-15-12-9-6-3)62-56(59)50-47-44-41-38-34-20-17-14-11-8-5-2/h14,17,22-23,25-26,28-29,53H,4-13,15-16,18-21,24,27,30-52H2,1-3H3/b17-14-,23-22-,26-25-,29-28-. The molecule has 0 aromatic heterocycles. The first-order valence-corrected chi connectivity index (χ1v) is 26.6. The molecule has 0 spiro atoms. The van der Waals surface area contributed by atoms with E-state index in [0.717, 1.165) is 89.9 Å². The molecule has 0 aromatic carbocycles. The summed E-state index contributed by atoms with van der Waals surface area (Å²) in [6.07, 6.45) is 61.0. The van der Waals surface area contributed by atoms with E-state index < -0.39 is 6.10 Å². The number of esters is 3. The number of allylic oxidation sites excluding steroid dienone is 8. The van der Waals surface area contributed by atoms with Crippen LogP contribution in [0.4, 0.5) is 0 Å². The van der Waals surface area contributed by atoms with E-state index in [9.17, 15) is 14.4 Å². The molecule has 6 nitrogen and oxygen atoms in total. The predicted octanol–water partition coefficient (Wildman–Crippen LogP) is 17.5. The Kier molecular flexibility index (Phi) is 48.8. The molecule has 1 atom stereocenters. The quantitative estimate of drug-likeness (QED) is 0.0262. The lowest BCUT2D eigenvalue weighted by Gasteiger charge is -2.18. The molecule has 0 fully saturated rings. The smallest absolute Gasteiger partial charge is 0.306 e. The van der Waals surface area contributed by atoms with Crippen molar-refractivity contribution in [3.8, 4) is 0 Å². The molecule has 0 aliphatic carbocycles. The van der Waals surface area contributed by atoms with Crippen molar-refractivity contribution in [1.29, 1.82) is 0 Å². The first kappa shape index (κ1) is 59.4. The van der Waals surface area contributed by atoms with Gasteiger partial charge in [0.05, 0.1) is 0 Å². The van der Waals surface area contributed by atoms with Crippen LogP contribution in [-0.4, -0.2) is 37.2 Å². The summed E-state index contributed by atoms with van der Waals surface area (Å²) in [6.45, 7) is 6.57. The van der Waals surface area contributed by atoms with Crippen molar-refractivity contribution >= 4 is 17.9 Å². The molecule has 0 aromatic rings. The van der Waals surface area contributed by atoms with E-state index in [1.165, 1.54) is 141 Å². The van der Waals surface area contributed by atoms with E-state index in [1.54, 1.807) is 0 Å². The lowest BCUT2D eigenvalue weighted by Crippen LogP contribution is -2.30. The summed E-state index contributed by atoms with van der Waals surface area (Å²) in [5.74, 6) is -0.890. The van der Waals surface area contributed by atoms with Gasteiger partial charge in [0.2, 0.25) is 0 Å². The molecule has 6 heteroatoms. The molecule has 1 unspecified atom stereocenters. The first-order valence-electron chi connectivity index (χ1n) is 26.6. The molecule has 360 valence electrons. The Balaban J connectivity index is 4.24. The zero-order valence-corrected chi connectivity index (χ0v) is 41.1. The third kappa shape index (κ3) is 48.4. The van der Waals surface area contributed by atoms with Gasteiger partial charge in [-0.3, -0.25) is 14.4 Å². The van der Waals surface area contributed by atoms with Crippen LogP contribution in [0.3, 0.4) is 0 Å². The van der Waals surface area contributed by atoms with Crippen molar-refractivity contribution in [2.45, 2.75) is 277 Å². The second-order valence-electron chi connectivity index (χ2n) is 17.8. The third-order valence-corrected chi connectivity index (χ3v) is 11.6. The van der Waals surface area contributed by atoms with Crippen LogP contribution in [0.15, 0.2) is 48.6 Å². The Hall–Kier alpha value is -2.63. The van der Waals surface area contributed by atoms with Crippen molar-refractivity contribution in [3.05, 3.63) is 48.6 Å². The van der Waals surface area contributed by atoms with Crippen molar-refractivity contribution in [2.24, 2.45) is 0 Å². The normalized spacial score (nSPS) is 12.4. The summed E-state index contributed by atoms with van der Waals surface area (Å²) < 4.78 is 16.8. The molecule has 0 N–H and O–H groups in total. The Labute approximate surface area is 384 Å². The van der Waals surface area contributed by atoms with E-state index in [-0.39, 0.29) is 31.1 Å².